The lowest BCUT2D eigenvalue weighted by Gasteiger charge is -2.42. The van der Waals surface area contributed by atoms with Crippen molar-refractivity contribution in [2.75, 3.05) is 6.54 Å². The molecule has 5 nitrogen and oxygen atoms in total. The highest BCUT2D eigenvalue weighted by Crippen LogP contribution is 2.27. The minimum Gasteiger partial charge on any atom is -0.444 e. The van der Waals surface area contributed by atoms with Crippen LogP contribution in [-0.4, -0.2) is 44.2 Å². The van der Waals surface area contributed by atoms with Gasteiger partial charge in [-0.2, -0.15) is 0 Å². The van der Waals surface area contributed by atoms with Gasteiger partial charge < -0.3 is 9.64 Å². The molecule has 0 radical (unpaired) electrons. The number of carbonyl (C=O) groups excluding carboxylic acids is 1. The van der Waals surface area contributed by atoms with Gasteiger partial charge in [-0.3, -0.25) is 0 Å². The van der Waals surface area contributed by atoms with Crippen molar-refractivity contribution in [3.8, 4) is 11.1 Å². The van der Waals surface area contributed by atoms with E-state index in [9.17, 15) is 9.00 Å². The maximum absolute atomic E-state index is 13.1. The first-order valence-corrected chi connectivity index (χ1v) is 12.9. The van der Waals surface area contributed by atoms with Gasteiger partial charge >= 0.3 is 6.09 Å². The van der Waals surface area contributed by atoms with Crippen LogP contribution in [0.25, 0.3) is 11.1 Å². The number of nitrogens with zero attached hydrogens (tertiary/aromatic N) is 1. The van der Waals surface area contributed by atoms with E-state index in [4.69, 9.17) is 4.74 Å². The number of nitrogens with one attached hydrogen (secondary N) is 1. The van der Waals surface area contributed by atoms with Gasteiger partial charge in [-0.15, -0.1) is 0 Å². The summed E-state index contributed by atoms with van der Waals surface area (Å²) in [5.41, 5.74) is 2.89. The molecule has 1 heterocycles. The van der Waals surface area contributed by atoms with Crippen molar-refractivity contribution < 1.29 is 13.7 Å². The lowest BCUT2D eigenvalue weighted by Crippen LogP contribution is -2.59. The third-order valence-corrected chi connectivity index (χ3v) is 7.33. The first-order chi connectivity index (χ1) is 15.4. The molecule has 0 aliphatic carbocycles. The molecule has 1 N–H and O–H groups in total. The average Bonchev–Trinajstić information content (AvgIpc) is 2.74. The molecule has 33 heavy (non-hydrogen) atoms. The van der Waals surface area contributed by atoms with E-state index in [0.29, 0.717) is 13.0 Å². The highest BCUT2D eigenvalue weighted by Gasteiger charge is 2.38. The van der Waals surface area contributed by atoms with Gasteiger partial charge in [-0.05, 0) is 77.5 Å². The fourth-order valence-corrected chi connectivity index (χ4v) is 4.96. The van der Waals surface area contributed by atoms with E-state index in [1.54, 1.807) is 0 Å². The Morgan fingerprint density at radius 2 is 1.70 bits per heavy atom. The largest absolute Gasteiger partial charge is 0.444 e. The van der Waals surface area contributed by atoms with E-state index >= 15 is 0 Å². The number of rotatable bonds is 5. The molecular weight excluding hydrogens is 432 g/mol. The summed E-state index contributed by atoms with van der Waals surface area (Å²) in [6.45, 7) is 12.2. The Bertz CT molecular complexity index is 963. The molecule has 1 aliphatic rings. The van der Waals surface area contributed by atoms with Gasteiger partial charge in [-0.1, -0.05) is 54.6 Å². The predicted octanol–water partition coefficient (Wildman–Crippen LogP) is 5.72. The average molecular weight is 471 g/mol. The molecule has 1 fully saturated rings. The molecule has 2 aromatic rings. The number of hydrogen-bond acceptors (Lipinski definition) is 3. The van der Waals surface area contributed by atoms with Crippen LogP contribution in [0.1, 0.15) is 59.9 Å². The van der Waals surface area contributed by atoms with Gasteiger partial charge in [0.2, 0.25) is 0 Å². The van der Waals surface area contributed by atoms with E-state index in [-0.39, 0.29) is 22.9 Å². The Balaban J connectivity index is 1.90. The first-order valence-electron chi connectivity index (χ1n) is 11.8. The summed E-state index contributed by atoms with van der Waals surface area (Å²) in [7, 11) is -1.22. The van der Waals surface area contributed by atoms with Crippen LogP contribution in [0.3, 0.4) is 0 Å². The second-order valence-electron chi connectivity index (χ2n) is 10.8. The number of likely N-dealkylation sites (tertiary alicyclic amines) is 1. The summed E-state index contributed by atoms with van der Waals surface area (Å²) >= 11 is 0. The van der Waals surface area contributed by atoms with Crippen LogP contribution >= 0.6 is 0 Å². The summed E-state index contributed by atoms with van der Waals surface area (Å²) in [6, 6.07) is 18.5. The van der Waals surface area contributed by atoms with E-state index in [2.05, 4.69) is 41.1 Å². The smallest absolute Gasteiger partial charge is 0.410 e. The highest BCUT2D eigenvalue weighted by molar-refractivity contribution is 7.84. The predicted molar refractivity (Wildman–Crippen MR) is 136 cm³/mol. The van der Waals surface area contributed by atoms with Crippen LogP contribution in [0.15, 0.2) is 54.6 Å². The maximum atomic E-state index is 13.1. The third-order valence-electron chi connectivity index (χ3n) is 5.70. The van der Waals surface area contributed by atoms with E-state index < -0.39 is 16.6 Å². The fourth-order valence-electron chi connectivity index (χ4n) is 4.06. The Kier molecular flexibility index (Phi) is 8.01. The van der Waals surface area contributed by atoms with Gasteiger partial charge in [0.15, 0.2) is 0 Å². The number of hydrogen-bond donors (Lipinski definition) is 1. The fraction of sp³-hybridized carbons (Fsp3) is 0.519. The van der Waals surface area contributed by atoms with Crippen LogP contribution in [-0.2, 0) is 22.1 Å². The van der Waals surface area contributed by atoms with Crippen LogP contribution < -0.4 is 4.72 Å². The minimum absolute atomic E-state index is 0.0771. The highest BCUT2D eigenvalue weighted by atomic mass is 32.2. The zero-order valence-corrected chi connectivity index (χ0v) is 21.6. The lowest BCUT2D eigenvalue weighted by atomic mass is 9.90. The molecule has 2 unspecified atom stereocenters. The monoisotopic (exact) mass is 470 g/mol. The quantitative estimate of drug-likeness (QED) is 0.608. The van der Waals surface area contributed by atoms with Crippen molar-refractivity contribution in [2.45, 2.75) is 83.2 Å². The maximum Gasteiger partial charge on any atom is 0.410 e. The molecule has 2 aromatic carbocycles. The molecule has 0 aromatic heterocycles. The summed E-state index contributed by atoms with van der Waals surface area (Å²) in [5.74, 6) is 0. The zero-order valence-electron chi connectivity index (χ0n) is 20.8. The lowest BCUT2D eigenvalue weighted by molar-refractivity contribution is 0.00600. The van der Waals surface area contributed by atoms with Crippen molar-refractivity contribution >= 4 is 17.1 Å². The van der Waals surface area contributed by atoms with E-state index in [1.165, 1.54) is 0 Å². The molecular formula is C27H38N2O3S. The molecule has 1 saturated heterocycles. The Morgan fingerprint density at radius 1 is 1.03 bits per heavy atom. The van der Waals surface area contributed by atoms with Crippen LogP contribution in [0.5, 0.6) is 0 Å². The van der Waals surface area contributed by atoms with Gasteiger partial charge in [0.25, 0.3) is 0 Å². The van der Waals surface area contributed by atoms with Gasteiger partial charge in [0.1, 0.15) is 5.60 Å². The Morgan fingerprint density at radius 3 is 2.33 bits per heavy atom. The molecule has 1 aliphatic heterocycles. The number of ether oxygens (including phenoxy) is 1. The van der Waals surface area contributed by atoms with Crippen LogP contribution in [0, 0.1) is 0 Å². The second kappa shape index (κ2) is 10.4. The standard InChI is InChI=1S/C27H38N2O3S/c1-26(2,3)32-25(30)29-17-11-16-23(28-33(31)27(4,5)6)24(29)19-20-12-10-15-22(18-20)21-13-8-7-9-14-21/h7-10,12-15,18,23-24,28H,11,16-17,19H2,1-6H3/t23?,24?,33-/m1/s1. The Labute approximate surface area is 201 Å². The number of benzene rings is 2. The number of piperidine rings is 1. The minimum atomic E-state index is -1.22. The van der Waals surface area contributed by atoms with Crippen molar-refractivity contribution in [2.24, 2.45) is 0 Å². The molecule has 0 spiro atoms. The molecule has 0 saturated carbocycles. The van der Waals surface area contributed by atoms with Gasteiger partial charge in [-0.25, -0.2) is 13.7 Å². The number of amides is 1. The second-order valence-corrected chi connectivity index (χ2v) is 12.8. The van der Waals surface area contributed by atoms with Crippen molar-refractivity contribution in [3.63, 3.8) is 0 Å². The molecule has 6 heteroatoms. The number of carbonyl (C=O) groups is 1. The van der Waals surface area contributed by atoms with E-state index in [0.717, 1.165) is 29.5 Å². The molecule has 3 atom stereocenters. The van der Waals surface area contributed by atoms with Crippen LogP contribution in [0.4, 0.5) is 4.79 Å². The molecule has 0 bridgehead atoms. The summed E-state index contributed by atoms with van der Waals surface area (Å²) in [6.07, 6.45) is 2.07. The zero-order chi connectivity index (χ0) is 24.2. The van der Waals surface area contributed by atoms with E-state index in [1.807, 2.05) is 64.6 Å². The van der Waals surface area contributed by atoms with Crippen LogP contribution in [0.2, 0.25) is 0 Å². The third kappa shape index (κ3) is 7.15. The topological polar surface area (TPSA) is 58.6 Å². The normalized spacial score (nSPS) is 20.4. The summed E-state index contributed by atoms with van der Waals surface area (Å²) in [4.78, 5) is 15.0. The van der Waals surface area contributed by atoms with Crippen molar-refractivity contribution in [3.05, 3.63) is 60.2 Å². The molecule has 1 amide bonds. The molecule has 3 rings (SSSR count). The van der Waals surface area contributed by atoms with Gasteiger partial charge in [0.05, 0.1) is 21.8 Å². The molecule has 180 valence electrons. The van der Waals surface area contributed by atoms with Crippen molar-refractivity contribution in [1.82, 2.24) is 9.62 Å². The van der Waals surface area contributed by atoms with Gasteiger partial charge in [0, 0.05) is 12.6 Å². The SMILES string of the molecule is CC(C)(C)OC(=O)N1CCCC(N[S@](=O)C(C)(C)C)C1Cc1cccc(-c2ccccc2)c1. The summed E-state index contributed by atoms with van der Waals surface area (Å²) in [5, 5.41) is 0. The summed E-state index contributed by atoms with van der Waals surface area (Å²) < 4.78 is 21.6. The Hall–Kier alpha value is -2.18. The van der Waals surface area contributed by atoms with Crippen molar-refractivity contribution in [1.29, 1.82) is 0 Å². The first kappa shape index (κ1) is 25.4.